The lowest BCUT2D eigenvalue weighted by molar-refractivity contribution is -0.130. The number of carbonyl (C=O) groups excluding carboxylic acids is 1. The van der Waals surface area contributed by atoms with Gasteiger partial charge in [0.15, 0.2) is 11.5 Å². The van der Waals surface area contributed by atoms with Crippen LogP contribution in [0.1, 0.15) is 42.4 Å². The van der Waals surface area contributed by atoms with Gasteiger partial charge in [-0.05, 0) is 86.0 Å². The summed E-state index contributed by atoms with van der Waals surface area (Å²) >= 11 is 0. The minimum Gasteiger partial charge on any atom is -0.454 e. The second kappa shape index (κ2) is 10.9. The molecule has 3 N–H and O–H groups in total. The fourth-order valence-corrected chi connectivity index (χ4v) is 6.08. The lowest BCUT2D eigenvalue weighted by Gasteiger charge is -2.29. The fraction of sp³-hybridized carbons (Fsp3) is 0.483. The van der Waals surface area contributed by atoms with E-state index in [1.165, 1.54) is 54.3 Å². The molecule has 7 nitrogen and oxygen atoms in total. The maximum atomic E-state index is 13.2. The van der Waals surface area contributed by atoms with Gasteiger partial charge in [-0.25, -0.2) is 0 Å². The Labute approximate surface area is 212 Å². The summed E-state index contributed by atoms with van der Waals surface area (Å²) < 4.78 is 11.1. The Balaban J connectivity index is 0.00000267. The minimum absolute atomic E-state index is 0. The summed E-state index contributed by atoms with van der Waals surface area (Å²) in [4.78, 5) is 21.3. The average Bonchev–Trinajstić information content (AvgIpc) is 3.38. The largest absolute Gasteiger partial charge is 0.454 e. The van der Waals surface area contributed by atoms with Crippen LogP contribution in [-0.4, -0.2) is 65.7 Å². The zero-order valence-electron chi connectivity index (χ0n) is 20.9. The van der Waals surface area contributed by atoms with Crippen molar-refractivity contribution in [3.63, 3.8) is 0 Å². The Bertz CT molecular complexity index is 1210. The van der Waals surface area contributed by atoms with Crippen molar-refractivity contribution in [1.29, 1.82) is 0 Å². The molecule has 7 heteroatoms. The monoisotopic (exact) mass is 491 g/mol. The van der Waals surface area contributed by atoms with Crippen LogP contribution in [0.2, 0.25) is 0 Å². The van der Waals surface area contributed by atoms with Crippen molar-refractivity contribution >= 4 is 16.8 Å². The molecule has 1 unspecified atom stereocenters. The van der Waals surface area contributed by atoms with Gasteiger partial charge in [0.1, 0.15) is 0 Å². The first-order valence-corrected chi connectivity index (χ1v) is 13.2. The third kappa shape index (κ3) is 5.22. The van der Waals surface area contributed by atoms with Gasteiger partial charge in [0, 0.05) is 36.7 Å². The van der Waals surface area contributed by atoms with Crippen LogP contribution in [0.3, 0.4) is 0 Å². The van der Waals surface area contributed by atoms with Crippen molar-refractivity contribution in [3.8, 4) is 11.5 Å². The lowest BCUT2D eigenvalue weighted by atomic mass is 10.0. The minimum atomic E-state index is 0. The number of nitrogens with zero attached hydrogens (tertiary/aromatic N) is 2. The highest BCUT2D eigenvalue weighted by Gasteiger charge is 2.27. The SMILES string of the molecule is O.O=C1Cc2cc3c(cc2CCN1CC1CCCCN(CCCc2c[nH]c4ccccc24)C1)OCO3. The highest BCUT2D eigenvalue weighted by atomic mass is 16.7. The van der Waals surface area contributed by atoms with Crippen molar-refractivity contribution in [3.05, 3.63) is 59.3 Å². The van der Waals surface area contributed by atoms with Gasteiger partial charge in [0.25, 0.3) is 0 Å². The third-order valence-corrected chi connectivity index (χ3v) is 7.97. The highest BCUT2D eigenvalue weighted by Crippen LogP contribution is 2.36. The smallest absolute Gasteiger partial charge is 0.231 e. The Hall–Kier alpha value is -3.03. The quantitative estimate of drug-likeness (QED) is 0.569. The topological polar surface area (TPSA) is 89.3 Å². The Kier molecular flexibility index (Phi) is 7.48. The third-order valence-electron chi connectivity index (χ3n) is 7.97. The predicted octanol–water partition coefficient (Wildman–Crippen LogP) is 3.73. The van der Waals surface area contributed by atoms with E-state index in [9.17, 15) is 4.79 Å². The summed E-state index contributed by atoms with van der Waals surface area (Å²) in [6, 6.07) is 12.7. The van der Waals surface area contributed by atoms with Crippen LogP contribution in [0.15, 0.2) is 42.6 Å². The molecule has 3 aliphatic rings. The van der Waals surface area contributed by atoms with Gasteiger partial charge in [-0.1, -0.05) is 24.6 Å². The number of aromatic amines is 1. The number of likely N-dealkylation sites (tertiary alicyclic amines) is 1. The average molecular weight is 492 g/mol. The number of benzene rings is 2. The predicted molar refractivity (Wildman–Crippen MR) is 141 cm³/mol. The Morgan fingerprint density at radius 1 is 1.03 bits per heavy atom. The van der Waals surface area contributed by atoms with Gasteiger partial charge in [0.05, 0.1) is 6.42 Å². The molecule has 3 aromatic rings. The van der Waals surface area contributed by atoms with Crippen molar-refractivity contribution in [1.82, 2.24) is 14.8 Å². The number of rotatable bonds is 6. The van der Waals surface area contributed by atoms with E-state index in [1.54, 1.807) is 0 Å². The van der Waals surface area contributed by atoms with Crippen molar-refractivity contribution < 1.29 is 19.7 Å². The van der Waals surface area contributed by atoms with Crippen LogP contribution in [0.4, 0.5) is 0 Å². The first kappa shape index (κ1) is 24.7. The summed E-state index contributed by atoms with van der Waals surface area (Å²) in [6.07, 6.45) is 9.53. The molecule has 1 saturated heterocycles. The molecule has 0 bridgehead atoms. The van der Waals surface area contributed by atoms with Crippen LogP contribution in [0.25, 0.3) is 10.9 Å². The number of amides is 1. The van der Waals surface area contributed by atoms with E-state index in [-0.39, 0.29) is 18.2 Å². The van der Waals surface area contributed by atoms with Gasteiger partial charge >= 0.3 is 0 Å². The van der Waals surface area contributed by atoms with E-state index in [0.29, 0.717) is 12.3 Å². The molecule has 0 aliphatic carbocycles. The lowest BCUT2D eigenvalue weighted by Crippen LogP contribution is -2.40. The van der Waals surface area contributed by atoms with Crippen molar-refractivity contribution in [2.24, 2.45) is 5.92 Å². The number of ether oxygens (including phenoxy) is 2. The standard InChI is InChI=1S/C29H35N3O3.H2O/c33-29-16-24-15-28-27(34-20-35-28)14-22(24)10-13-32(29)19-21-6-3-4-11-31(18-21)12-5-7-23-17-30-26-9-2-1-8-25(23)26;/h1-2,8-9,14-15,17,21,30H,3-7,10-13,16,18-20H2;1H2. The molecule has 36 heavy (non-hydrogen) atoms. The van der Waals surface area contributed by atoms with E-state index in [4.69, 9.17) is 9.47 Å². The number of hydrogen-bond acceptors (Lipinski definition) is 4. The van der Waals surface area contributed by atoms with E-state index in [2.05, 4.69) is 51.3 Å². The molecule has 1 amide bonds. The number of para-hydroxylation sites is 1. The van der Waals surface area contributed by atoms with Gasteiger partial charge in [-0.3, -0.25) is 4.79 Å². The number of H-pyrrole nitrogens is 1. The van der Waals surface area contributed by atoms with E-state index in [1.807, 2.05) is 6.07 Å². The zero-order valence-corrected chi connectivity index (χ0v) is 20.9. The van der Waals surface area contributed by atoms with Crippen LogP contribution < -0.4 is 9.47 Å². The summed E-state index contributed by atoms with van der Waals surface area (Å²) in [6.45, 7) is 5.34. The molecule has 0 radical (unpaired) electrons. The molecule has 0 spiro atoms. The zero-order chi connectivity index (χ0) is 23.6. The van der Waals surface area contributed by atoms with E-state index in [0.717, 1.165) is 56.1 Å². The van der Waals surface area contributed by atoms with Gasteiger partial charge in [-0.2, -0.15) is 0 Å². The Morgan fingerprint density at radius 2 is 1.86 bits per heavy atom. The Morgan fingerprint density at radius 3 is 2.75 bits per heavy atom. The molecular weight excluding hydrogens is 454 g/mol. The molecule has 192 valence electrons. The summed E-state index contributed by atoms with van der Waals surface area (Å²) in [7, 11) is 0. The molecule has 1 aromatic heterocycles. The summed E-state index contributed by atoms with van der Waals surface area (Å²) in [5.41, 5.74) is 4.97. The molecular formula is C29H37N3O4. The van der Waals surface area contributed by atoms with Crippen LogP contribution in [0, 0.1) is 5.92 Å². The second-order valence-corrected chi connectivity index (χ2v) is 10.4. The summed E-state index contributed by atoms with van der Waals surface area (Å²) in [5, 5.41) is 1.35. The number of fused-ring (bicyclic) bond motifs is 3. The fourth-order valence-electron chi connectivity index (χ4n) is 6.08. The number of hydrogen-bond donors (Lipinski definition) is 1. The van der Waals surface area contributed by atoms with Crippen LogP contribution >= 0.6 is 0 Å². The number of nitrogens with one attached hydrogen (secondary N) is 1. The normalized spacial score (nSPS) is 20.1. The molecule has 0 saturated carbocycles. The van der Waals surface area contributed by atoms with Crippen molar-refractivity contribution in [2.75, 3.05) is 39.5 Å². The molecule has 1 atom stereocenters. The van der Waals surface area contributed by atoms with Crippen molar-refractivity contribution in [2.45, 2.75) is 44.9 Å². The van der Waals surface area contributed by atoms with Gasteiger partial charge in [0.2, 0.25) is 12.7 Å². The van der Waals surface area contributed by atoms with E-state index >= 15 is 0 Å². The van der Waals surface area contributed by atoms with E-state index < -0.39 is 0 Å². The van der Waals surface area contributed by atoms with Crippen LogP contribution in [0.5, 0.6) is 11.5 Å². The second-order valence-electron chi connectivity index (χ2n) is 10.4. The number of carbonyl (C=O) groups is 1. The van der Waals surface area contributed by atoms with Gasteiger partial charge < -0.3 is 29.7 Å². The molecule has 6 rings (SSSR count). The maximum Gasteiger partial charge on any atom is 0.231 e. The maximum absolute atomic E-state index is 13.2. The number of aryl methyl sites for hydroxylation is 1. The first-order valence-electron chi connectivity index (χ1n) is 13.2. The molecule has 4 heterocycles. The van der Waals surface area contributed by atoms with Gasteiger partial charge in [-0.15, -0.1) is 0 Å². The number of aromatic nitrogens is 1. The highest BCUT2D eigenvalue weighted by molar-refractivity contribution is 5.83. The molecule has 1 fully saturated rings. The summed E-state index contributed by atoms with van der Waals surface area (Å²) in [5.74, 6) is 2.39. The first-order chi connectivity index (χ1) is 17.2. The van der Waals surface area contributed by atoms with Crippen LogP contribution in [-0.2, 0) is 24.1 Å². The molecule has 3 aliphatic heterocycles. The molecule has 2 aromatic carbocycles.